The Kier molecular flexibility index (Phi) is 8.03. The van der Waals surface area contributed by atoms with Crippen LogP contribution in [0.1, 0.15) is 47.0 Å². The van der Waals surface area contributed by atoms with Crippen molar-refractivity contribution >= 4 is 0 Å². The molecule has 0 aromatic rings. The zero-order valence-corrected chi connectivity index (χ0v) is 14.0. The number of nitrogens with two attached hydrogens (primary N) is 1. The van der Waals surface area contributed by atoms with E-state index in [-0.39, 0.29) is 5.54 Å². The molecule has 4 heteroatoms. The van der Waals surface area contributed by atoms with Crippen molar-refractivity contribution in [3.8, 4) is 0 Å². The molecule has 1 aliphatic heterocycles. The van der Waals surface area contributed by atoms with Gasteiger partial charge in [0.05, 0.1) is 6.61 Å². The van der Waals surface area contributed by atoms with E-state index >= 15 is 0 Å². The van der Waals surface area contributed by atoms with E-state index in [4.69, 9.17) is 10.5 Å². The van der Waals surface area contributed by atoms with Gasteiger partial charge in [0.1, 0.15) is 0 Å². The number of hydrogen-bond donors (Lipinski definition) is 1. The van der Waals surface area contributed by atoms with Crippen LogP contribution in [0.4, 0.5) is 0 Å². The lowest BCUT2D eigenvalue weighted by Gasteiger charge is -2.43. The highest BCUT2D eigenvalue weighted by Gasteiger charge is 2.36. The highest BCUT2D eigenvalue weighted by Crippen LogP contribution is 2.28. The van der Waals surface area contributed by atoms with Crippen LogP contribution in [0.15, 0.2) is 0 Å². The summed E-state index contributed by atoms with van der Waals surface area (Å²) in [5.74, 6) is 0. The number of likely N-dealkylation sites (tertiary alicyclic amines) is 1. The van der Waals surface area contributed by atoms with Gasteiger partial charge in [-0.15, -0.1) is 0 Å². The predicted octanol–water partition coefficient (Wildman–Crippen LogP) is 1.94. The van der Waals surface area contributed by atoms with Crippen molar-refractivity contribution in [2.45, 2.75) is 58.5 Å². The van der Waals surface area contributed by atoms with Crippen molar-refractivity contribution in [1.29, 1.82) is 0 Å². The van der Waals surface area contributed by atoms with E-state index < -0.39 is 0 Å². The first-order valence-electron chi connectivity index (χ1n) is 8.36. The fourth-order valence-corrected chi connectivity index (χ4v) is 3.42. The van der Waals surface area contributed by atoms with Gasteiger partial charge in [-0.05, 0) is 53.1 Å². The second kappa shape index (κ2) is 8.98. The summed E-state index contributed by atoms with van der Waals surface area (Å²) in [5.41, 5.74) is 6.39. The zero-order valence-electron chi connectivity index (χ0n) is 14.0. The molecule has 1 aliphatic rings. The van der Waals surface area contributed by atoms with Crippen molar-refractivity contribution in [2.75, 3.05) is 45.9 Å². The molecular formula is C16H35N3O. The standard InChI is InChI=1S/C16H35N3O/c1-5-19(12-13-20-6-2)16(14-17)8-7-10-18(11-9-16)15(3)4/h15H,5-14,17H2,1-4H3. The van der Waals surface area contributed by atoms with Gasteiger partial charge in [0, 0.05) is 37.8 Å². The molecule has 1 heterocycles. The lowest BCUT2D eigenvalue weighted by atomic mass is 9.88. The Bertz CT molecular complexity index is 260. The molecule has 120 valence electrons. The predicted molar refractivity (Wildman–Crippen MR) is 86.1 cm³/mol. The van der Waals surface area contributed by atoms with Crippen LogP contribution in [-0.4, -0.2) is 67.3 Å². The molecule has 1 rings (SSSR count). The summed E-state index contributed by atoms with van der Waals surface area (Å²) in [6.45, 7) is 15.7. The van der Waals surface area contributed by atoms with Crippen molar-refractivity contribution in [3.05, 3.63) is 0 Å². The highest BCUT2D eigenvalue weighted by atomic mass is 16.5. The van der Waals surface area contributed by atoms with Gasteiger partial charge >= 0.3 is 0 Å². The van der Waals surface area contributed by atoms with Gasteiger partial charge < -0.3 is 15.4 Å². The molecule has 0 saturated carbocycles. The van der Waals surface area contributed by atoms with Crippen LogP contribution >= 0.6 is 0 Å². The van der Waals surface area contributed by atoms with Gasteiger partial charge in [0.2, 0.25) is 0 Å². The first-order valence-corrected chi connectivity index (χ1v) is 8.36. The molecule has 2 N–H and O–H groups in total. The summed E-state index contributed by atoms with van der Waals surface area (Å²) < 4.78 is 5.54. The Balaban J connectivity index is 2.68. The summed E-state index contributed by atoms with van der Waals surface area (Å²) in [4.78, 5) is 5.15. The maximum Gasteiger partial charge on any atom is 0.0593 e. The van der Waals surface area contributed by atoms with E-state index in [1.807, 2.05) is 0 Å². The van der Waals surface area contributed by atoms with Crippen molar-refractivity contribution < 1.29 is 4.74 Å². The molecular weight excluding hydrogens is 250 g/mol. The molecule has 0 bridgehead atoms. The molecule has 0 aromatic carbocycles. The molecule has 1 fully saturated rings. The summed E-state index contributed by atoms with van der Waals surface area (Å²) in [7, 11) is 0. The second-order valence-corrected chi connectivity index (χ2v) is 6.19. The molecule has 0 radical (unpaired) electrons. The first-order chi connectivity index (χ1) is 9.59. The fraction of sp³-hybridized carbons (Fsp3) is 1.00. The average molecular weight is 285 g/mol. The van der Waals surface area contributed by atoms with E-state index in [0.29, 0.717) is 6.04 Å². The maximum absolute atomic E-state index is 6.21. The average Bonchev–Trinajstić information content (AvgIpc) is 2.67. The third-order valence-corrected chi connectivity index (χ3v) is 4.82. The minimum Gasteiger partial charge on any atom is -0.380 e. The minimum atomic E-state index is 0.176. The smallest absolute Gasteiger partial charge is 0.0593 e. The molecule has 0 aliphatic carbocycles. The Morgan fingerprint density at radius 3 is 2.55 bits per heavy atom. The van der Waals surface area contributed by atoms with E-state index in [9.17, 15) is 0 Å². The van der Waals surface area contributed by atoms with Gasteiger partial charge in [-0.25, -0.2) is 0 Å². The molecule has 1 unspecified atom stereocenters. The Morgan fingerprint density at radius 2 is 2.00 bits per heavy atom. The van der Waals surface area contributed by atoms with Crippen LogP contribution < -0.4 is 5.73 Å². The van der Waals surface area contributed by atoms with Crippen molar-refractivity contribution in [3.63, 3.8) is 0 Å². The van der Waals surface area contributed by atoms with Crippen LogP contribution in [0.2, 0.25) is 0 Å². The van der Waals surface area contributed by atoms with Crippen LogP contribution in [0.3, 0.4) is 0 Å². The third kappa shape index (κ3) is 4.69. The SMILES string of the molecule is CCOCCN(CC)C1(CN)CCCN(C(C)C)CC1. The van der Waals surface area contributed by atoms with Crippen molar-refractivity contribution in [2.24, 2.45) is 5.73 Å². The monoisotopic (exact) mass is 285 g/mol. The number of likely N-dealkylation sites (N-methyl/N-ethyl adjacent to an activating group) is 1. The van der Waals surface area contributed by atoms with E-state index in [0.717, 1.165) is 32.8 Å². The highest BCUT2D eigenvalue weighted by molar-refractivity contribution is 4.94. The molecule has 4 nitrogen and oxygen atoms in total. The quantitative estimate of drug-likeness (QED) is 0.692. The largest absolute Gasteiger partial charge is 0.380 e. The Hall–Kier alpha value is -0.160. The fourth-order valence-electron chi connectivity index (χ4n) is 3.42. The summed E-state index contributed by atoms with van der Waals surface area (Å²) in [5, 5.41) is 0. The summed E-state index contributed by atoms with van der Waals surface area (Å²) in [6.07, 6.45) is 3.65. The van der Waals surface area contributed by atoms with Crippen LogP contribution in [0, 0.1) is 0 Å². The molecule has 0 spiro atoms. The Labute approximate surface area is 125 Å². The normalized spacial score (nSPS) is 25.4. The van der Waals surface area contributed by atoms with Gasteiger partial charge in [0.25, 0.3) is 0 Å². The van der Waals surface area contributed by atoms with Gasteiger partial charge in [-0.2, -0.15) is 0 Å². The molecule has 0 aromatic heterocycles. The van der Waals surface area contributed by atoms with Crippen LogP contribution in [0.5, 0.6) is 0 Å². The van der Waals surface area contributed by atoms with E-state index in [2.05, 4.69) is 37.5 Å². The van der Waals surface area contributed by atoms with Crippen molar-refractivity contribution in [1.82, 2.24) is 9.80 Å². The molecule has 0 amide bonds. The summed E-state index contributed by atoms with van der Waals surface area (Å²) >= 11 is 0. The number of ether oxygens (including phenoxy) is 1. The third-order valence-electron chi connectivity index (χ3n) is 4.82. The lowest BCUT2D eigenvalue weighted by Crippen LogP contribution is -2.55. The second-order valence-electron chi connectivity index (χ2n) is 6.19. The van der Waals surface area contributed by atoms with Crippen LogP contribution in [0.25, 0.3) is 0 Å². The summed E-state index contributed by atoms with van der Waals surface area (Å²) in [6, 6.07) is 0.641. The maximum atomic E-state index is 6.21. The lowest BCUT2D eigenvalue weighted by molar-refractivity contribution is 0.0422. The number of hydrogen-bond acceptors (Lipinski definition) is 4. The first kappa shape index (κ1) is 17.9. The minimum absolute atomic E-state index is 0.176. The van der Waals surface area contributed by atoms with E-state index in [1.165, 1.54) is 32.4 Å². The van der Waals surface area contributed by atoms with Gasteiger partial charge in [-0.1, -0.05) is 6.92 Å². The molecule has 1 saturated heterocycles. The number of rotatable bonds is 8. The van der Waals surface area contributed by atoms with Gasteiger partial charge in [-0.3, -0.25) is 4.90 Å². The molecule has 1 atom stereocenters. The topological polar surface area (TPSA) is 41.7 Å². The number of nitrogens with zero attached hydrogens (tertiary/aromatic N) is 2. The zero-order chi connectivity index (χ0) is 15.0. The van der Waals surface area contributed by atoms with Gasteiger partial charge in [0.15, 0.2) is 0 Å². The Morgan fingerprint density at radius 1 is 1.25 bits per heavy atom. The molecule has 20 heavy (non-hydrogen) atoms. The van der Waals surface area contributed by atoms with Crippen LogP contribution in [-0.2, 0) is 4.74 Å². The van der Waals surface area contributed by atoms with E-state index in [1.54, 1.807) is 0 Å².